The van der Waals surface area contributed by atoms with Crippen molar-refractivity contribution in [1.82, 2.24) is 20.6 Å². The normalized spacial score (nSPS) is 16.5. The van der Waals surface area contributed by atoms with Crippen LogP contribution < -0.4 is 20.1 Å². The Morgan fingerprint density at radius 1 is 0.778 bits per heavy atom. The Balaban J connectivity index is 1.92. The van der Waals surface area contributed by atoms with Crippen molar-refractivity contribution < 1.29 is 38.0 Å². The second-order valence-corrected chi connectivity index (χ2v) is 9.09. The molecule has 0 saturated carbocycles. The third-order valence-electron chi connectivity index (χ3n) is 4.59. The Morgan fingerprint density at radius 3 is 1.47 bits per heavy atom. The van der Waals surface area contributed by atoms with E-state index in [1.54, 1.807) is 50.8 Å². The average Bonchev–Trinajstić information content (AvgIpc) is 3.56. The average molecular weight is 545 g/mol. The van der Waals surface area contributed by atoms with Crippen LogP contribution in [0.15, 0.2) is 35.3 Å². The van der Waals surface area contributed by atoms with E-state index in [0.717, 1.165) is 12.2 Å². The van der Waals surface area contributed by atoms with Gasteiger partial charge in [-0.3, -0.25) is 10.6 Å². The summed E-state index contributed by atoms with van der Waals surface area (Å²) in [6.45, 7) is 6.83. The van der Waals surface area contributed by atoms with E-state index < -0.39 is 36.6 Å². The van der Waals surface area contributed by atoms with Crippen molar-refractivity contribution in [2.75, 3.05) is 14.2 Å². The molecule has 6 unspecified atom stereocenters. The summed E-state index contributed by atoms with van der Waals surface area (Å²) in [7, 11) is 3.06. The maximum atomic E-state index is 12.3. The number of rotatable bonds is 16. The highest BCUT2D eigenvalue weighted by atomic mass is 32.1. The standard InChI is InChI=1S/C22H32N4O8S2/c1-13(19(25-15(3)29-5)33-21-23-9-11-35-21)31-17(27)7-8-18(28)32-14(2)20(26-16(4)30-6)34-22-24-10-12-36-22/h7-16,19-20,25-26H,1-6H3/b8-7-. The van der Waals surface area contributed by atoms with Gasteiger partial charge in [0.1, 0.15) is 24.7 Å². The summed E-state index contributed by atoms with van der Waals surface area (Å²) in [6.07, 6.45) is 1.43. The van der Waals surface area contributed by atoms with Gasteiger partial charge in [0, 0.05) is 49.5 Å². The van der Waals surface area contributed by atoms with Crippen LogP contribution in [0.1, 0.15) is 27.7 Å². The molecule has 2 rings (SSSR count). The summed E-state index contributed by atoms with van der Waals surface area (Å²) in [5, 5.41) is 10.4. The first-order valence-corrected chi connectivity index (χ1v) is 12.8. The van der Waals surface area contributed by atoms with E-state index in [1.165, 1.54) is 36.9 Å². The van der Waals surface area contributed by atoms with Crippen molar-refractivity contribution in [3.05, 3.63) is 35.3 Å². The minimum Gasteiger partial charge on any atom is -0.454 e. The third-order valence-corrected chi connectivity index (χ3v) is 5.91. The van der Waals surface area contributed by atoms with Crippen LogP contribution in [0.5, 0.6) is 10.4 Å². The summed E-state index contributed by atoms with van der Waals surface area (Å²) in [5.41, 5.74) is 0. The highest BCUT2D eigenvalue weighted by Gasteiger charge is 2.26. The number of carbonyl (C=O) groups is 2. The quantitative estimate of drug-likeness (QED) is 0.182. The summed E-state index contributed by atoms with van der Waals surface area (Å²) >= 11 is 2.59. The third kappa shape index (κ3) is 10.6. The van der Waals surface area contributed by atoms with E-state index in [1.807, 2.05) is 0 Å². The number of hydrogen-bond acceptors (Lipinski definition) is 14. The first-order chi connectivity index (χ1) is 17.2. The molecule has 12 nitrogen and oxygen atoms in total. The second kappa shape index (κ2) is 15.5. The first kappa shape index (κ1) is 29.6. The van der Waals surface area contributed by atoms with Gasteiger partial charge in [0.15, 0.2) is 12.5 Å². The monoisotopic (exact) mass is 544 g/mol. The molecule has 6 atom stereocenters. The Morgan fingerprint density at radius 2 is 1.17 bits per heavy atom. The van der Waals surface area contributed by atoms with Gasteiger partial charge in [0.05, 0.1) is 0 Å². The minimum atomic E-state index is -0.756. The van der Waals surface area contributed by atoms with Gasteiger partial charge in [-0.1, -0.05) is 22.7 Å². The van der Waals surface area contributed by atoms with Crippen molar-refractivity contribution in [2.45, 2.75) is 64.8 Å². The molecule has 36 heavy (non-hydrogen) atoms. The van der Waals surface area contributed by atoms with Gasteiger partial charge in [0.2, 0.25) is 0 Å². The van der Waals surface area contributed by atoms with Crippen LogP contribution in [-0.2, 0) is 28.5 Å². The topological polar surface area (TPSA) is 139 Å². The van der Waals surface area contributed by atoms with E-state index in [4.69, 9.17) is 28.4 Å². The number of thiazole rings is 2. The second-order valence-electron chi connectivity index (χ2n) is 7.38. The molecule has 0 saturated heterocycles. The predicted molar refractivity (Wildman–Crippen MR) is 133 cm³/mol. The fraction of sp³-hybridized carbons (Fsp3) is 0.545. The fourth-order valence-corrected chi connectivity index (χ4v) is 3.63. The number of hydrogen-bond donors (Lipinski definition) is 2. The smallest absolute Gasteiger partial charge is 0.331 e. The van der Waals surface area contributed by atoms with Gasteiger partial charge < -0.3 is 28.4 Å². The van der Waals surface area contributed by atoms with Crippen LogP contribution in [0.25, 0.3) is 0 Å². The van der Waals surface area contributed by atoms with Crippen LogP contribution in [0.3, 0.4) is 0 Å². The number of nitrogens with zero attached hydrogens (tertiary/aromatic N) is 2. The van der Waals surface area contributed by atoms with Crippen molar-refractivity contribution in [2.24, 2.45) is 0 Å². The Kier molecular flexibility index (Phi) is 12.7. The van der Waals surface area contributed by atoms with Gasteiger partial charge in [-0.2, -0.15) is 0 Å². The van der Waals surface area contributed by atoms with Crippen LogP contribution in [-0.4, -0.2) is 73.2 Å². The van der Waals surface area contributed by atoms with Crippen LogP contribution in [0.4, 0.5) is 0 Å². The molecule has 200 valence electrons. The number of ether oxygens (including phenoxy) is 6. The largest absolute Gasteiger partial charge is 0.454 e. The molecule has 0 aliphatic carbocycles. The molecule has 2 heterocycles. The summed E-state index contributed by atoms with van der Waals surface area (Å²) in [4.78, 5) is 32.8. The predicted octanol–water partition coefficient (Wildman–Crippen LogP) is 2.29. The van der Waals surface area contributed by atoms with E-state index in [-0.39, 0.29) is 12.5 Å². The van der Waals surface area contributed by atoms with Gasteiger partial charge in [-0.25, -0.2) is 19.6 Å². The molecule has 14 heteroatoms. The molecule has 0 spiro atoms. The molecule has 0 amide bonds. The highest BCUT2D eigenvalue weighted by molar-refractivity contribution is 7.11. The van der Waals surface area contributed by atoms with E-state index >= 15 is 0 Å². The SMILES string of the molecule is COC(C)NC(Oc1nccs1)C(C)OC(=O)/C=C\C(=O)OC(C)C(NC(C)OC)Oc1nccs1. The fourth-order valence-electron chi connectivity index (χ4n) is 2.59. The van der Waals surface area contributed by atoms with Gasteiger partial charge in [-0.15, -0.1) is 0 Å². The maximum Gasteiger partial charge on any atom is 0.331 e. The molecule has 2 aromatic rings. The number of methoxy groups -OCH3 is 2. The summed E-state index contributed by atoms with van der Waals surface area (Å²) in [5.74, 6) is -1.51. The van der Waals surface area contributed by atoms with Gasteiger partial charge in [-0.05, 0) is 27.7 Å². The zero-order chi connectivity index (χ0) is 26.5. The van der Waals surface area contributed by atoms with Gasteiger partial charge >= 0.3 is 11.9 Å². The number of aromatic nitrogens is 2. The molecule has 0 fully saturated rings. The van der Waals surface area contributed by atoms with Crippen LogP contribution in [0.2, 0.25) is 0 Å². The van der Waals surface area contributed by atoms with Crippen molar-refractivity contribution in [3.8, 4) is 10.4 Å². The number of carbonyl (C=O) groups excluding carboxylic acids is 2. The number of esters is 2. The summed E-state index contributed by atoms with van der Waals surface area (Å²) < 4.78 is 32.7. The molecule has 0 aromatic carbocycles. The molecule has 0 radical (unpaired) electrons. The van der Waals surface area contributed by atoms with E-state index in [0.29, 0.717) is 10.4 Å². The molecule has 0 aliphatic rings. The minimum absolute atomic E-state index is 0.378. The maximum absolute atomic E-state index is 12.3. The van der Waals surface area contributed by atoms with Crippen molar-refractivity contribution in [1.29, 1.82) is 0 Å². The van der Waals surface area contributed by atoms with E-state index in [2.05, 4.69) is 20.6 Å². The first-order valence-electron chi connectivity index (χ1n) is 11.0. The zero-order valence-electron chi connectivity index (χ0n) is 20.9. The lowest BCUT2D eigenvalue weighted by atomic mass is 10.3. The lowest BCUT2D eigenvalue weighted by Crippen LogP contribution is -2.49. The Labute approximate surface area is 217 Å². The molecule has 2 aromatic heterocycles. The highest BCUT2D eigenvalue weighted by Crippen LogP contribution is 2.18. The number of nitrogens with one attached hydrogen (secondary N) is 2. The lowest BCUT2D eigenvalue weighted by Gasteiger charge is -2.27. The molecular formula is C22H32N4O8S2. The Hall–Kier alpha value is -2.62. The Bertz CT molecular complexity index is 854. The lowest BCUT2D eigenvalue weighted by molar-refractivity contribution is -0.151. The van der Waals surface area contributed by atoms with Crippen LogP contribution >= 0.6 is 22.7 Å². The summed E-state index contributed by atoms with van der Waals surface area (Å²) in [6, 6.07) is 0. The van der Waals surface area contributed by atoms with Gasteiger partial charge in [0.25, 0.3) is 10.4 Å². The molecule has 0 aliphatic heterocycles. The van der Waals surface area contributed by atoms with E-state index in [9.17, 15) is 9.59 Å². The van der Waals surface area contributed by atoms with Crippen molar-refractivity contribution in [3.63, 3.8) is 0 Å². The zero-order valence-corrected chi connectivity index (χ0v) is 22.5. The van der Waals surface area contributed by atoms with Crippen LogP contribution in [0, 0.1) is 0 Å². The van der Waals surface area contributed by atoms with Crippen molar-refractivity contribution >= 4 is 34.6 Å². The molecule has 2 N–H and O–H groups in total. The molecular weight excluding hydrogens is 512 g/mol. The molecule has 0 bridgehead atoms.